The summed E-state index contributed by atoms with van der Waals surface area (Å²) in [5, 5.41) is 0. The lowest BCUT2D eigenvalue weighted by Crippen LogP contribution is -2.39. The third kappa shape index (κ3) is 3.59. The average molecular weight is 297 g/mol. The fourth-order valence-corrected chi connectivity index (χ4v) is 2.15. The van der Waals surface area contributed by atoms with Gasteiger partial charge in [0.05, 0.1) is 0 Å². The molecular formula is C18H19NO3. The summed E-state index contributed by atoms with van der Waals surface area (Å²) >= 11 is 0. The molecule has 0 aliphatic carbocycles. The number of carbonyl (C=O) groups excluding carboxylic acids is 2. The van der Waals surface area contributed by atoms with Crippen molar-refractivity contribution in [2.75, 3.05) is 11.5 Å². The van der Waals surface area contributed by atoms with Crippen LogP contribution in [0.2, 0.25) is 0 Å². The summed E-state index contributed by atoms with van der Waals surface area (Å²) < 4.78 is 5.25. The molecule has 1 unspecified atom stereocenters. The van der Waals surface area contributed by atoms with Crippen molar-refractivity contribution >= 4 is 23.1 Å². The largest absolute Gasteiger partial charge is 0.370 e. The minimum Gasteiger partial charge on any atom is -0.370 e. The normalized spacial score (nSPS) is 11.7. The second-order valence-electron chi connectivity index (χ2n) is 4.77. The van der Waals surface area contributed by atoms with Gasteiger partial charge in [0, 0.05) is 18.0 Å². The molecule has 4 nitrogen and oxygen atoms in total. The third-order valence-corrected chi connectivity index (χ3v) is 3.23. The van der Waals surface area contributed by atoms with Gasteiger partial charge >= 0.3 is 5.91 Å². The minimum atomic E-state index is -0.757. The standard InChI is InChI=1S/C18H19NO3/c1-3-22-14(2)17(20)18(21)19(15-10-6-4-7-11-15)16-12-8-5-9-13-16/h4-14H,3H2,1-2H3. The molecule has 0 saturated heterocycles. The maximum absolute atomic E-state index is 12.7. The number of carbonyl (C=O) groups is 2. The summed E-state index contributed by atoms with van der Waals surface area (Å²) in [7, 11) is 0. The summed E-state index contributed by atoms with van der Waals surface area (Å²) in [6.07, 6.45) is -0.757. The number of hydrogen-bond acceptors (Lipinski definition) is 3. The lowest BCUT2D eigenvalue weighted by Gasteiger charge is -2.23. The van der Waals surface area contributed by atoms with Gasteiger partial charge in [0.2, 0.25) is 5.78 Å². The van der Waals surface area contributed by atoms with Gasteiger partial charge in [-0.3, -0.25) is 14.5 Å². The van der Waals surface area contributed by atoms with Crippen molar-refractivity contribution in [2.45, 2.75) is 20.0 Å². The van der Waals surface area contributed by atoms with E-state index in [0.29, 0.717) is 18.0 Å². The molecule has 2 aromatic carbocycles. The number of Topliss-reactive ketones (excluding diaryl/α,β-unsaturated/α-hetero) is 1. The number of nitrogens with zero attached hydrogens (tertiary/aromatic N) is 1. The first kappa shape index (κ1) is 15.9. The predicted molar refractivity (Wildman–Crippen MR) is 86.1 cm³/mol. The lowest BCUT2D eigenvalue weighted by molar-refractivity contribution is -0.142. The smallest absolute Gasteiger partial charge is 0.301 e. The van der Waals surface area contributed by atoms with E-state index in [1.807, 2.05) is 36.4 Å². The Morgan fingerprint density at radius 2 is 1.41 bits per heavy atom. The number of rotatable bonds is 6. The molecule has 0 aliphatic heterocycles. The van der Waals surface area contributed by atoms with E-state index in [0.717, 1.165) is 0 Å². The molecule has 0 spiro atoms. The number of hydrogen-bond donors (Lipinski definition) is 0. The van der Waals surface area contributed by atoms with E-state index in [1.54, 1.807) is 38.1 Å². The Hall–Kier alpha value is -2.46. The first-order valence-electron chi connectivity index (χ1n) is 7.25. The van der Waals surface area contributed by atoms with Crippen LogP contribution in [0.25, 0.3) is 0 Å². The molecule has 114 valence electrons. The minimum absolute atomic E-state index is 0.386. The third-order valence-electron chi connectivity index (χ3n) is 3.23. The van der Waals surface area contributed by atoms with E-state index >= 15 is 0 Å². The molecule has 4 heteroatoms. The summed E-state index contributed by atoms with van der Waals surface area (Å²) in [5.74, 6) is -1.16. The summed E-state index contributed by atoms with van der Waals surface area (Å²) in [5.41, 5.74) is 1.30. The maximum Gasteiger partial charge on any atom is 0.301 e. The fourth-order valence-electron chi connectivity index (χ4n) is 2.15. The highest BCUT2D eigenvalue weighted by Gasteiger charge is 2.28. The van der Waals surface area contributed by atoms with Crippen molar-refractivity contribution in [1.82, 2.24) is 0 Å². The molecular weight excluding hydrogens is 278 g/mol. The van der Waals surface area contributed by atoms with Crippen molar-refractivity contribution in [3.63, 3.8) is 0 Å². The molecule has 22 heavy (non-hydrogen) atoms. The van der Waals surface area contributed by atoms with Crippen LogP contribution in [-0.2, 0) is 14.3 Å². The first-order valence-corrected chi connectivity index (χ1v) is 7.25. The van der Waals surface area contributed by atoms with Gasteiger partial charge in [-0.05, 0) is 38.1 Å². The zero-order chi connectivity index (χ0) is 15.9. The Bertz CT molecular complexity index is 586. The Balaban J connectivity index is 2.37. The van der Waals surface area contributed by atoms with Crippen LogP contribution < -0.4 is 4.90 Å². The summed E-state index contributed by atoms with van der Waals surface area (Å²) in [4.78, 5) is 26.4. The number of ketones is 1. The topological polar surface area (TPSA) is 46.6 Å². The van der Waals surface area contributed by atoms with E-state index in [1.165, 1.54) is 4.90 Å². The second kappa shape index (κ2) is 7.52. The van der Waals surface area contributed by atoms with Crippen LogP contribution in [0.15, 0.2) is 60.7 Å². The van der Waals surface area contributed by atoms with Gasteiger partial charge < -0.3 is 4.74 Å². The maximum atomic E-state index is 12.7. The molecule has 0 aromatic heterocycles. The average Bonchev–Trinajstić information content (AvgIpc) is 2.56. The van der Waals surface area contributed by atoms with E-state index in [2.05, 4.69) is 0 Å². The van der Waals surface area contributed by atoms with E-state index in [9.17, 15) is 9.59 Å². The van der Waals surface area contributed by atoms with Crippen LogP contribution in [0.5, 0.6) is 0 Å². The monoisotopic (exact) mass is 297 g/mol. The second-order valence-corrected chi connectivity index (χ2v) is 4.77. The first-order chi connectivity index (χ1) is 10.6. The highest BCUT2D eigenvalue weighted by molar-refractivity contribution is 6.44. The van der Waals surface area contributed by atoms with Gasteiger partial charge in [0.1, 0.15) is 6.10 Å². The molecule has 0 bridgehead atoms. The van der Waals surface area contributed by atoms with Gasteiger partial charge in [-0.25, -0.2) is 0 Å². The number of benzene rings is 2. The Morgan fingerprint density at radius 3 is 1.82 bits per heavy atom. The summed E-state index contributed by atoms with van der Waals surface area (Å²) in [6.45, 7) is 3.77. The lowest BCUT2D eigenvalue weighted by atomic mass is 10.1. The molecule has 0 aliphatic rings. The molecule has 0 fully saturated rings. The number of ether oxygens (including phenoxy) is 1. The summed E-state index contributed by atoms with van der Waals surface area (Å²) in [6, 6.07) is 18.2. The number of para-hydroxylation sites is 2. The van der Waals surface area contributed by atoms with Crippen LogP contribution in [0, 0.1) is 0 Å². The van der Waals surface area contributed by atoms with Gasteiger partial charge in [0.25, 0.3) is 0 Å². The van der Waals surface area contributed by atoms with Gasteiger partial charge in [-0.1, -0.05) is 36.4 Å². The highest BCUT2D eigenvalue weighted by Crippen LogP contribution is 2.25. The van der Waals surface area contributed by atoms with Gasteiger partial charge in [-0.2, -0.15) is 0 Å². The number of amides is 1. The Morgan fingerprint density at radius 1 is 0.955 bits per heavy atom. The van der Waals surface area contributed by atoms with Crippen LogP contribution >= 0.6 is 0 Å². The van der Waals surface area contributed by atoms with Crippen molar-refractivity contribution < 1.29 is 14.3 Å². The molecule has 0 N–H and O–H groups in total. The molecule has 1 amide bonds. The molecule has 0 heterocycles. The van der Waals surface area contributed by atoms with Gasteiger partial charge in [-0.15, -0.1) is 0 Å². The van der Waals surface area contributed by atoms with Crippen molar-refractivity contribution in [1.29, 1.82) is 0 Å². The molecule has 0 radical (unpaired) electrons. The Labute approximate surface area is 130 Å². The van der Waals surface area contributed by atoms with E-state index in [4.69, 9.17) is 4.74 Å². The van der Waals surface area contributed by atoms with Crippen LogP contribution in [0.1, 0.15) is 13.8 Å². The molecule has 2 rings (SSSR count). The SMILES string of the molecule is CCOC(C)C(=O)C(=O)N(c1ccccc1)c1ccccc1. The van der Waals surface area contributed by atoms with Gasteiger partial charge in [0.15, 0.2) is 0 Å². The van der Waals surface area contributed by atoms with Crippen molar-refractivity contribution in [3.8, 4) is 0 Å². The molecule has 1 atom stereocenters. The molecule has 0 saturated carbocycles. The van der Waals surface area contributed by atoms with Crippen LogP contribution in [-0.4, -0.2) is 24.4 Å². The highest BCUT2D eigenvalue weighted by atomic mass is 16.5. The predicted octanol–water partition coefficient (Wildman–Crippen LogP) is 3.35. The van der Waals surface area contributed by atoms with E-state index in [-0.39, 0.29) is 0 Å². The quantitative estimate of drug-likeness (QED) is 0.768. The zero-order valence-electron chi connectivity index (χ0n) is 12.7. The van der Waals surface area contributed by atoms with Crippen molar-refractivity contribution in [2.24, 2.45) is 0 Å². The number of anilines is 2. The van der Waals surface area contributed by atoms with E-state index < -0.39 is 17.8 Å². The fraction of sp³-hybridized carbons (Fsp3) is 0.222. The molecule has 2 aromatic rings. The Kier molecular flexibility index (Phi) is 5.44. The van der Waals surface area contributed by atoms with Crippen LogP contribution in [0.3, 0.4) is 0 Å². The van der Waals surface area contributed by atoms with Crippen molar-refractivity contribution in [3.05, 3.63) is 60.7 Å². The van der Waals surface area contributed by atoms with Crippen LogP contribution in [0.4, 0.5) is 11.4 Å². The zero-order valence-corrected chi connectivity index (χ0v) is 12.7.